The Bertz CT molecular complexity index is 576. The zero-order valence-electron chi connectivity index (χ0n) is 13.3. The van der Waals surface area contributed by atoms with Gasteiger partial charge in [0.15, 0.2) is 17.3 Å². The van der Waals surface area contributed by atoms with E-state index in [0.29, 0.717) is 5.56 Å². The van der Waals surface area contributed by atoms with E-state index in [1.165, 1.54) is 39.4 Å². The fourth-order valence-corrected chi connectivity index (χ4v) is 1.75. The second kappa shape index (κ2) is 7.49. The molecule has 1 aromatic rings. The molecule has 6 nitrogen and oxygen atoms in total. The van der Waals surface area contributed by atoms with Gasteiger partial charge >= 0.3 is 5.97 Å². The maximum absolute atomic E-state index is 12.0. The number of rotatable bonds is 6. The van der Waals surface area contributed by atoms with Gasteiger partial charge in [0, 0.05) is 0 Å². The molecule has 0 fully saturated rings. The lowest BCUT2D eigenvalue weighted by Crippen LogP contribution is -2.17. The number of phenols is 1. The first-order chi connectivity index (χ1) is 10.3. The predicted molar refractivity (Wildman–Crippen MR) is 81.1 cm³/mol. The summed E-state index contributed by atoms with van der Waals surface area (Å²) in [5.74, 6) is -0.932. The molecule has 0 aromatic heterocycles. The van der Waals surface area contributed by atoms with Crippen molar-refractivity contribution >= 4 is 17.8 Å². The summed E-state index contributed by atoms with van der Waals surface area (Å²) in [5, 5.41) is 9.86. The highest BCUT2D eigenvalue weighted by molar-refractivity contribution is 6.19. The van der Waals surface area contributed by atoms with E-state index in [1.54, 1.807) is 13.8 Å². The van der Waals surface area contributed by atoms with Crippen molar-refractivity contribution in [3.8, 4) is 17.2 Å². The number of carbonyl (C=O) groups excluding carboxylic acids is 2. The van der Waals surface area contributed by atoms with Gasteiger partial charge in [0.2, 0.25) is 5.75 Å². The zero-order valence-corrected chi connectivity index (χ0v) is 13.3. The molecule has 0 amide bonds. The number of phenolic OH excluding ortho intramolecular Hbond substituents is 1. The van der Waals surface area contributed by atoms with Gasteiger partial charge in [-0.1, -0.05) is 0 Å². The molecule has 0 spiro atoms. The van der Waals surface area contributed by atoms with E-state index in [1.807, 2.05) is 0 Å². The molecule has 0 bridgehead atoms. The van der Waals surface area contributed by atoms with Crippen LogP contribution in [0.5, 0.6) is 17.2 Å². The zero-order chi connectivity index (χ0) is 16.9. The Morgan fingerprint density at radius 3 is 2.00 bits per heavy atom. The molecule has 0 aliphatic rings. The van der Waals surface area contributed by atoms with Crippen LogP contribution in [-0.4, -0.2) is 37.2 Å². The van der Waals surface area contributed by atoms with Crippen LogP contribution in [0.2, 0.25) is 0 Å². The summed E-state index contributed by atoms with van der Waals surface area (Å²) in [6.07, 6.45) is 1.04. The number of methoxy groups -OCH3 is 2. The van der Waals surface area contributed by atoms with Crippen LogP contribution in [0.3, 0.4) is 0 Å². The number of ketones is 1. The molecule has 1 rings (SSSR count). The van der Waals surface area contributed by atoms with Crippen LogP contribution < -0.4 is 9.47 Å². The number of carbonyl (C=O) groups is 2. The average Bonchev–Trinajstić information content (AvgIpc) is 2.44. The van der Waals surface area contributed by atoms with Crippen LogP contribution in [0, 0.1) is 0 Å². The third-order valence-corrected chi connectivity index (χ3v) is 2.76. The van der Waals surface area contributed by atoms with E-state index in [2.05, 4.69) is 0 Å². The summed E-state index contributed by atoms with van der Waals surface area (Å²) in [5.41, 5.74) is 0.376. The smallest absolute Gasteiger partial charge is 0.342 e. The Kier molecular flexibility index (Phi) is 5.98. The van der Waals surface area contributed by atoms with Crippen molar-refractivity contribution < 1.29 is 28.9 Å². The van der Waals surface area contributed by atoms with E-state index >= 15 is 0 Å². The lowest BCUT2D eigenvalue weighted by atomic mass is 10.1. The van der Waals surface area contributed by atoms with Crippen molar-refractivity contribution in [2.75, 3.05) is 14.2 Å². The Balaban J connectivity index is 3.32. The van der Waals surface area contributed by atoms with Gasteiger partial charge in [0.05, 0.1) is 20.3 Å². The number of hydrogen-bond donors (Lipinski definition) is 1. The van der Waals surface area contributed by atoms with Gasteiger partial charge in [-0.2, -0.15) is 0 Å². The molecule has 0 aliphatic carbocycles. The number of esters is 1. The molecule has 0 saturated heterocycles. The molecule has 0 aliphatic heterocycles. The number of hydrogen-bond acceptors (Lipinski definition) is 6. The molecule has 6 heteroatoms. The van der Waals surface area contributed by atoms with Crippen LogP contribution in [0.1, 0.15) is 26.3 Å². The average molecular weight is 308 g/mol. The largest absolute Gasteiger partial charge is 0.502 e. The van der Waals surface area contributed by atoms with E-state index < -0.39 is 11.8 Å². The van der Waals surface area contributed by atoms with Crippen LogP contribution in [0.15, 0.2) is 17.7 Å². The molecule has 0 radical (unpaired) electrons. The van der Waals surface area contributed by atoms with Crippen molar-refractivity contribution in [3.63, 3.8) is 0 Å². The van der Waals surface area contributed by atoms with E-state index in [4.69, 9.17) is 14.2 Å². The third kappa shape index (κ3) is 4.25. The van der Waals surface area contributed by atoms with E-state index in [0.717, 1.165) is 0 Å². The minimum Gasteiger partial charge on any atom is -0.502 e. The molecule has 0 atom stereocenters. The minimum atomic E-state index is -0.700. The Morgan fingerprint density at radius 1 is 1.14 bits per heavy atom. The van der Waals surface area contributed by atoms with Crippen molar-refractivity contribution in [1.82, 2.24) is 0 Å². The van der Waals surface area contributed by atoms with Gasteiger partial charge in [-0.3, -0.25) is 4.79 Å². The number of benzene rings is 1. The predicted octanol–water partition coefficient (Wildman–Crippen LogP) is 2.33. The molecule has 0 saturated carbocycles. The Hall–Kier alpha value is -2.50. The second-order valence-corrected chi connectivity index (χ2v) is 4.84. The SMILES string of the molecule is COc1cc(C=C(C(C)=O)C(=O)OC(C)C)cc(OC)c1O. The summed E-state index contributed by atoms with van der Waals surface area (Å²) in [6, 6.07) is 2.98. The number of Topliss-reactive ketones (excluding diaryl/α,β-unsaturated/α-hetero) is 1. The summed E-state index contributed by atoms with van der Waals surface area (Å²) in [4.78, 5) is 23.6. The third-order valence-electron chi connectivity index (χ3n) is 2.76. The molecular formula is C16H20O6. The highest BCUT2D eigenvalue weighted by Crippen LogP contribution is 2.37. The van der Waals surface area contributed by atoms with Gasteiger partial charge in [0.1, 0.15) is 5.57 Å². The molecule has 0 heterocycles. The van der Waals surface area contributed by atoms with E-state index in [-0.39, 0.29) is 28.9 Å². The summed E-state index contributed by atoms with van der Waals surface area (Å²) in [6.45, 7) is 4.67. The normalized spacial score (nSPS) is 11.3. The number of aromatic hydroxyl groups is 1. The highest BCUT2D eigenvalue weighted by Gasteiger charge is 2.18. The fraction of sp³-hybridized carbons (Fsp3) is 0.375. The first kappa shape index (κ1) is 17.6. The fourth-order valence-electron chi connectivity index (χ4n) is 1.75. The maximum atomic E-state index is 12.0. The summed E-state index contributed by atoms with van der Waals surface area (Å²) >= 11 is 0. The minimum absolute atomic E-state index is 0.0940. The lowest BCUT2D eigenvalue weighted by molar-refractivity contribution is -0.143. The van der Waals surface area contributed by atoms with Crippen molar-refractivity contribution in [2.45, 2.75) is 26.9 Å². The quantitative estimate of drug-likeness (QED) is 0.376. The van der Waals surface area contributed by atoms with Crippen LogP contribution in [0.25, 0.3) is 6.08 Å². The van der Waals surface area contributed by atoms with Crippen molar-refractivity contribution in [3.05, 3.63) is 23.3 Å². The summed E-state index contributed by atoms with van der Waals surface area (Å²) in [7, 11) is 2.78. The standard InChI is InChI=1S/C16H20O6/c1-9(2)22-16(19)12(10(3)17)6-11-7-13(20-4)15(18)14(8-11)21-5/h6-9,18H,1-5H3. The highest BCUT2D eigenvalue weighted by atomic mass is 16.5. The van der Waals surface area contributed by atoms with Gasteiger partial charge in [-0.15, -0.1) is 0 Å². The summed E-state index contributed by atoms with van der Waals surface area (Å²) < 4.78 is 15.1. The van der Waals surface area contributed by atoms with Gasteiger partial charge in [-0.05, 0) is 44.5 Å². The molecule has 1 N–H and O–H groups in total. The molecular weight excluding hydrogens is 288 g/mol. The molecule has 22 heavy (non-hydrogen) atoms. The Morgan fingerprint density at radius 2 is 1.64 bits per heavy atom. The van der Waals surface area contributed by atoms with Gasteiger partial charge < -0.3 is 19.3 Å². The van der Waals surface area contributed by atoms with E-state index in [9.17, 15) is 14.7 Å². The van der Waals surface area contributed by atoms with Crippen LogP contribution >= 0.6 is 0 Å². The molecule has 120 valence electrons. The first-order valence-corrected chi connectivity index (χ1v) is 6.68. The molecule has 0 unspecified atom stereocenters. The van der Waals surface area contributed by atoms with Crippen molar-refractivity contribution in [2.24, 2.45) is 0 Å². The van der Waals surface area contributed by atoms with Gasteiger partial charge in [0.25, 0.3) is 0 Å². The topological polar surface area (TPSA) is 82.1 Å². The monoisotopic (exact) mass is 308 g/mol. The van der Waals surface area contributed by atoms with Crippen molar-refractivity contribution in [1.29, 1.82) is 0 Å². The second-order valence-electron chi connectivity index (χ2n) is 4.84. The molecule has 1 aromatic carbocycles. The van der Waals surface area contributed by atoms with Crippen LogP contribution in [-0.2, 0) is 14.3 Å². The lowest BCUT2D eigenvalue weighted by Gasteiger charge is -2.11. The first-order valence-electron chi connectivity index (χ1n) is 6.68. The van der Waals surface area contributed by atoms with Crippen LogP contribution in [0.4, 0.5) is 0 Å². The Labute approximate surface area is 129 Å². The number of ether oxygens (including phenoxy) is 3. The van der Waals surface area contributed by atoms with Gasteiger partial charge in [-0.25, -0.2) is 4.79 Å². The maximum Gasteiger partial charge on any atom is 0.342 e.